The number of methoxy groups -OCH3 is 2. The Labute approximate surface area is 125 Å². The first-order chi connectivity index (χ1) is 10.1. The lowest BCUT2D eigenvalue weighted by atomic mass is 10.1. The van der Waals surface area contributed by atoms with Crippen LogP contribution >= 0.6 is 0 Å². The standard InChI is InChI=1S/C16H21N3O2/c1-10(2)16-18-12(9-15(17-3)19-16)11-6-7-13(20-4)14(8-11)21-5/h6-10H,1-5H3,(H,17,18,19). The molecule has 0 saturated carbocycles. The summed E-state index contributed by atoms with van der Waals surface area (Å²) in [6.45, 7) is 4.15. The molecule has 0 atom stereocenters. The Morgan fingerprint density at radius 3 is 2.29 bits per heavy atom. The molecule has 0 aliphatic rings. The Balaban J connectivity index is 2.52. The summed E-state index contributed by atoms with van der Waals surface area (Å²) in [7, 11) is 5.10. The lowest BCUT2D eigenvalue weighted by molar-refractivity contribution is 0.355. The van der Waals surface area contributed by atoms with Crippen LogP contribution in [-0.4, -0.2) is 31.2 Å². The van der Waals surface area contributed by atoms with Gasteiger partial charge in [-0.15, -0.1) is 0 Å². The van der Waals surface area contributed by atoms with Gasteiger partial charge in [0.05, 0.1) is 19.9 Å². The third-order valence-electron chi connectivity index (χ3n) is 3.20. The summed E-state index contributed by atoms with van der Waals surface area (Å²) in [6.07, 6.45) is 0. The molecule has 1 heterocycles. The number of hydrogen-bond donors (Lipinski definition) is 1. The molecule has 0 radical (unpaired) electrons. The number of hydrogen-bond acceptors (Lipinski definition) is 5. The van der Waals surface area contributed by atoms with Gasteiger partial charge in [-0.2, -0.15) is 0 Å². The fourth-order valence-electron chi connectivity index (χ4n) is 2.00. The van der Waals surface area contributed by atoms with Crippen LogP contribution in [0.15, 0.2) is 24.3 Å². The average Bonchev–Trinajstić information content (AvgIpc) is 2.53. The second kappa shape index (κ2) is 6.43. The predicted octanol–water partition coefficient (Wildman–Crippen LogP) is 3.33. The Morgan fingerprint density at radius 2 is 1.71 bits per heavy atom. The van der Waals surface area contributed by atoms with Crippen molar-refractivity contribution in [3.8, 4) is 22.8 Å². The fraction of sp³-hybridized carbons (Fsp3) is 0.375. The second-order valence-electron chi connectivity index (χ2n) is 4.97. The van der Waals surface area contributed by atoms with Gasteiger partial charge in [0.2, 0.25) is 0 Å². The van der Waals surface area contributed by atoms with E-state index >= 15 is 0 Å². The van der Waals surface area contributed by atoms with Crippen molar-refractivity contribution in [3.63, 3.8) is 0 Å². The highest BCUT2D eigenvalue weighted by molar-refractivity contribution is 5.66. The van der Waals surface area contributed by atoms with E-state index in [4.69, 9.17) is 9.47 Å². The molecule has 21 heavy (non-hydrogen) atoms. The number of rotatable bonds is 5. The first kappa shape index (κ1) is 15.1. The van der Waals surface area contributed by atoms with Crippen LogP contribution in [0.3, 0.4) is 0 Å². The van der Waals surface area contributed by atoms with Crippen LogP contribution in [-0.2, 0) is 0 Å². The van der Waals surface area contributed by atoms with Gasteiger partial charge in [-0.25, -0.2) is 9.97 Å². The number of nitrogens with zero attached hydrogens (tertiary/aromatic N) is 2. The maximum Gasteiger partial charge on any atom is 0.161 e. The van der Waals surface area contributed by atoms with E-state index in [1.807, 2.05) is 31.3 Å². The van der Waals surface area contributed by atoms with Crippen molar-refractivity contribution < 1.29 is 9.47 Å². The molecule has 5 heteroatoms. The van der Waals surface area contributed by atoms with Gasteiger partial charge in [0, 0.05) is 24.6 Å². The van der Waals surface area contributed by atoms with E-state index < -0.39 is 0 Å². The minimum atomic E-state index is 0.261. The van der Waals surface area contributed by atoms with E-state index in [-0.39, 0.29) is 5.92 Å². The van der Waals surface area contributed by atoms with Gasteiger partial charge in [-0.1, -0.05) is 13.8 Å². The SMILES string of the molecule is CNc1cc(-c2ccc(OC)c(OC)c2)nc(C(C)C)n1. The number of anilines is 1. The summed E-state index contributed by atoms with van der Waals surface area (Å²) >= 11 is 0. The fourth-order valence-corrected chi connectivity index (χ4v) is 2.00. The highest BCUT2D eigenvalue weighted by atomic mass is 16.5. The van der Waals surface area contributed by atoms with Gasteiger partial charge in [-0.3, -0.25) is 0 Å². The van der Waals surface area contributed by atoms with Crippen LogP contribution in [0.4, 0.5) is 5.82 Å². The summed E-state index contributed by atoms with van der Waals surface area (Å²) in [4.78, 5) is 9.11. The first-order valence-corrected chi connectivity index (χ1v) is 6.88. The van der Waals surface area contributed by atoms with Gasteiger partial charge >= 0.3 is 0 Å². The summed E-state index contributed by atoms with van der Waals surface area (Å²) in [5.41, 5.74) is 1.83. The average molecular weight is 287 g/mol. The molecule has 0 amide bonds. The maximum absolute atomic E-state index is 5.35. The molecule has 0 saturated heterocycles. The van der Waals surface area contributed by atoms with Crippen molar-refractivity contribution in [1.82, 2.24) is 9.97 Å². The summed E-state index contributed by atoms with van der Waals surface area (Å²) in [5, 5.41) is 3.08. The van der Waals surface area contributed by atoms with E-state index in [0.717, 1.165) is 22.9 Å². The molecule has 0 aliphatic heterocycles. The van der Waals surface area contributed by atoms with Crippen molar-refractivity contribution >= 4 is 5.82 Å². The number of aromatic nitrogens is 2. The molecule has 112 valence electrons. The van der Waals surface area contributed by atoms with Crippen molar-refractivity contribution in [2.45, 2.75) is 19.8 Å². The van der Waals surface area contributed by atoms with Gasteiger partial charge in [0.25, 0.3) is 0 Å². The quantitative estimate of drug-likeness (QED) is 0.914. The predicted molar refractivity (Wildman–Crippen MR) is 84.2 cm³/mol. The van der Waals surface area contributed by atoms with Crippen LogP contribution in [0.5, 0.6) is 11.5 Å². The Morgan fingerprint density at radius 1 is 1.00 bits per heavy atom. The zero-order chi connectivity index (χ0) is 15.4. The Bertz CT molecular complexity index is 627. The van der Waals surface area contributed by atoms with Crippen molar-refractivity contribution in [2.75, 3.05) is 26.6 Å². The van der Waals surface area contributed by atoms with Crippen molar-refractivity contribution in [3.05, 3.63) is 30.1 Å². The van der Waals surface area contributed by atoms with Crippen LogP contribution in [0, 0.1) is 0 Å². The minimum absolute atomic E-state index is 0.261. The lowest BCUT2D eigenvalue weighted by Crippen LogP contribution is -2.03. The van der Waals surface area contributed by atoms with Crippen LogP contribution in [0.1, 0.15) is 25.6 Å². The summed E-state index contributed by atoms with van der Waals surface area (Å²) < 4.78 is 10.6. The molecule has 1 aromatic carbocycles. The molecule has 2 rings (SSSR count). The van der Waals surface area contributed by atoms with Gasteiger partial charge in [-0.05, 0) is 18.2 Å². The molecule has 0 bridgehead atoms. The molecule has 1 aromatic heterocycles. The third kappa shape index (κ3) is 3.24. The van der Waals surface area contributed by atoms with E-state index in [1.54, 1.807) is 14.2 Å². The zero-order valence-electron chi connectivity index (χ0n) is 13.1. The summed E-state index contributed by atoms with van der Waals surface area (Å²) in [6, 6.07) is 7.69. The molecular formula is C16H21N3O2. The van der Waals surface area contributed by atoms with Gasteiger partial charge < -0.3 is 14.8 Å². The monoisotopic (exact) mass is 287 g/mol. The number of benzene rings is 1. The largest absolute Gasteiger partial charge is 0.493 e. The Hall–Kier alpha value is -2.30. The summed E-state index contributed by atoms with van der Waals surface area (Å²) in [5.74, 6) is 3.27. The highest BCUT2D eigenvalue weighted by Gasteiger charge is 2.11. The van der Waals surface area contributed by atoms with E-state index in [9.17, 15) is 0 Å². The van der Waals surface area contributed by atoms with Crippen LogP contribution in [0.25, 0.3) is 11.3 Å². The zero-order valence-corrected chi connectivity index (χ0v) is 13.1. The highest BCUT2D eigenvalue weighted by Crippen LogP contribution is 2.32. The number of ether oxygens (including phenoxy) is 2. The number of nitrogens with one attached hydrogen (secondary N) is 1. The maximum atomic E-state index is 5.35. The van der Waals surface area contributed by atoms with Gasteiger partial charge in [0.1, 0.15) is 11.6 Å². The molecule has 0 aliphatic carbocycles. The minimum Gasteiger partial charge on any atom is -0.493 e. The molecule has 1 N–H and O–H groups in total. The molecular weight excluding hydrogens is 266 g/mol. The van der Waals surface area contributed by atoms with Crippen LogP contribution in [0.2, 0.25) is 0 Å². The normalized spacial score (nSPS) is 10.6. The topological polar surface area (TPSA) is 56.3 Å². The molecule has 2 aromatic rings. The Kier molecular flexibility index (Phi) is 4.62. The molecule has 5 nitrogen and oxygen atoms in total. The van der Waals surface area contributed by atoms with Crippen LogP contribution < -0.4 is 14.8 Å². The lowest BCUT2D eigenvalue weighted by Gasteiger charge is -2.12. The van der Waals surface area contributed by atoms with E-state index in [2.05, 4.69) is 29.1 Å². The first-order valence-electron chi connectivity index (χ1n) is 6.88. The van der Waals surface area contributed by atoms with E-state index in [1.165, 1.54) is 0 Å². The molecule has 0 fully saturated rings. The second-order valence-corrected chi connectivity index (χ2v) is 4.97. The molecule has 0 spiro atoms. The van der Waals surface area contributed by atoms with Crippen molar-refractivity contribution in [2.24, 2.45) is 0 Å². The smallest absolute Gasteiger partial charge is 0.161 e. The van der Waals surface area contributed by atoms with Gasteiger partial charge in [0.15, 0.2) is 11.5 Å². The molecule has 0 unspecified atom stereocenters. The van der Waals surface area contributed by atoms with Crippen molar-refractivity contribution in [1.29, 1.82) is 0 Å². The third-order valence-corrected chi connectivity index (χ3v) is 3.20. The van der Waals surface area contributed by atoms with E-state index in [0.29, 0.717) is 11.5 Å².